The molecule has 1 amide bonds. The molecule has 18 heavy (non-hydrogen) atoms. The van der Waals surface area contributed by atoms with E-state index in [9.17, 15) is 4.79 Å². The van der Waals surface area contributed by atoms with Crippen LogP contribution >= 0.6 is 12.2 Å². The van der Waals surface area contributed by atoms with Crippen LogP contribution in [0.15, 0.2) is 0 Å². The molecular weight excluding hydrogens is 250 g/mol. The minimum absolute atomic E-state index is 0.0397. The zero-order valence-electron chi connectivity index (χ0n) is 11.5. The predicted octanol–water partition coefficient (Wildman–Crippen LogP) is 0.649. The number of nitrogens with one attached hydrogen (secondary N) is 3. The molecule has 106 valence electrons. The lowest BCUT2D eigenvalue weighted by Gasteiger charge is -2.11. The standard InChI is InChI=1S/C12H25N3O2S/c1-4-17-7-5-6-13-12(18)15-9-11(16)14-8-10(2)3/h10H,4-9H2,1-3H3,(H,14,16)(H2,13,15,18). The average molecular weight is 275 g/mol. The molecule has 0 unspecified atom stereocenters. The Morgan fingerprint density at radius 2 is 2.00 bits per heavy atom. The van der Waals surface area contributed by atoms with Crippen molar-refractivity contribution in [2.45, 2.75) is 27.2 Å². The van der Waals surface area contributed by atoms with E-state index in [4.69, 9.17) is 17.0 Å². The third-order valence-corrected chi connectivity index (χ3v) is 2.36. The van der Waals surface area contributed by atoms with Crippen LogP contribution < -0.4 is 16.0 Å². The summed E-state index contributed by atoms with van der Waals surface area (Å²) in [6.07, 6.45) is 0.898. The summed E-state index contributed by atoms with van der Waals surface area (Å²) in [5.74, 6) is 0.416. The van der Waals surface area contributed by atoms with Gasteiger partial charge in [0.2, 0.25) is 5.91 Å². The van der Waals surface area contributed by atoms with Gasteiger partial charge in [-0.1, -0.05) is 13.8 Å². The van der Waals surface area contributed by atoms with Gasteiger partial charge in [0.15, 0.2) is 5.11 Å². The van der Waals surface area contributed by atoms with Gasteiger partial charge in [0.1, 0.15) is 0 Å². The number of rotatable bonds is 9. The summed E-state index contributed by atoms with van der Waals surface area (Å²) >= 11 is 5.04. The van der Waals surface area contributed by atoms with Crippen molar-refractivity contribution in [3.63, 3.8) is 0 Å². The fourth-order valence-corrected chi connectivity index (χ4v) is 1.30. The number of hydrogen-bond acceptors (Lipinski definition) is 3. The zero-order chi connectivity index (χ0) is 13.8. The maximum atomic E-state index is 11.4. The number of thiocarbonyl (C=S) groups is 1. The van der Waals surface area contributed by atoms with Crippen molar-refractivity contribution in [3.8, 4) is 0 Å². The molecule has 0 fully saturated rings. The van der Waals surface area contributed by atoms with E-state index in [2.05, 4.69) is 29.8 Å². The predicted molar refractivity (Wildman–Crippen MR) is 77.6 cm³/mol. The van der Waals surface area contributed by atoms with Crippen LogP contribution in [0.5, 0.6) is 0 Å². The third-order valence-electron chi connectivity index (χ3n) is 2.07. The van der Waals surface area contributed by atoms with Crippen LogP contribution in [0.25, 0.3) is 0 Å². The van der Waals surface area contributed by atoms with E-state index >= 15 is 0 Å². The molecule has 6 heteroatoms. The highest BCUT2D eigenvalue weighted by molar-refractivity contribution is 7.80. The molecule has 0 rings (SSSR count). The van der Waals surface area contributed by atoms with Gasteiger partial charge in [0, 0.05) is 26.3 Å². The van der Waals surface area contributed by atoms with Gasteiger partial charge in [0.25, 0.3) is 0 Å². The molecule has 3 N–H and O–H groups in total. The van der Waals surface area contributed by atoms with E-state index in [-0.39, 0.29) is 12.5 Å². The first-order valence-corrected chi connectivity index (χ1v) is 6.83. The second-order valence-corrected chi connectivity index (χ2v) is 4.77. The summed E-state index contributed by atoms with van der Waals surface area (Å²) in [5.41, 5.74) is 0. The van der Waals surface area contributed by atoms with Crippen molar-refractivity contribution < 1.29 is 9.53 Å². The van der Waals surface area contributed by atoms with Gasteiger partial charge in [-0.3, -0.25) is 4.79 Å². The molecule has 0 radical (unpaired) electrons. The molecule has 0 spiro atoms. The zero-order valence-corrected chi connectivity index (χ0v) is 12.4. The maximum absolute atomic E-state index is 11.4. The second-order valence-electron chi connectivity index (χ2n) is 4.36. The Morgan fingerprint density at radius 3 is 2.61 bits per heavy atom. The van der Waals surface area contributed by atoms with Crippen LogP contribution in [0.3, 0.4) is 0 Å². The van der Waals surface area contributed by atoms with Gasteiger partial charge < -0.3 is 20.7 Å². The summed E-state index contributed by atoms with van der Waals surface area (Å²) < 4.78 is 5.20. The molecule has 0 aromatic rings. The Hall–Kier alpha value is -0.880. The lowest BCUT2D eigenvalue weighted by molar-refractivity contribution is -0.120. The molecular formula is C12H25N3O2S. The monoisotopic (exact) mass is 275 g/mol. The number of amides is 1. The minimum atomic E-state index is -0.0397. The Balaban J connectivity index is 3.43. The van der Waals surface area contributed by atoms with Gasteiger partial charge in [-0.25, -0.2) is 0 Å². The summed E-state index contributed by atoms with van der Waals surface area (Å²) in [4.78, 5) is 11.4. The van der Waals surface area contributed by atoms with Crippen molar-refractivity contribution >= 4 is 23.2 Å². The van der Waals surface area contributed by atoms with Crippen molar-refractivity contribution in [2.75, 3.05) is 32.8 Å². The van der Waals surface area contributed by atoms with Crippen LogP contribution in [0.2, 0.25) is 0 Å². The molecule has 0 atom stereocenters. The maximum Gasteiger partial charge on any atom is 0.239 e. The van der Waals surface area contributed by atoms with Gasteiger partial charge in [-0.05, 0) is 31.5 Å². The summed E-state index contributed by atoms with van der Waals surface area (Å²) in [6.45, 7) is 9.18. The normalized spacial score (nSPS) is 10.2. The molecule has 0 aliphatic carbocycles. The van der Waals surface area contributed by atoms with E-state index < -0.39 is 0 Å². The molecule has 0 heterocycles. The molecule has 0 aliphatic rings. The number of carbonyl (C=O) groups excluding carboxylic acids is 1. The van der Waals surface area contributed by atoms with Gasteiger partial charge in [-0.15, -0.1) is 0 Å². The van der Waals surface area contributed by atoms with Crippen molar-refractivity contribution in [2.24, 2.45) is 5.92 Å². The Bertz CT molecular complexity index is 247. The molecule has 0 aromatic carbocycles. The number of ether oxygens (including phenoxy) is 1. The highest BCUT2D eigenvalue weighted by Crippen LogP contribution is 1.86. The molecule has 0 saturated heterocycles. The lowest BCUT2D eigenvalue weighted by atomic mass is 10.2. The average Bonchev–Trinajstić information content (AvgIpc) is 2.33. The van der Waals surface area contributed by atoms with E-state index in [1.807, 2.05) is 6.92 Å². The molecule has 0 aromatic heterocycles. The van der Waals surface area contributed by atoms with Crippen LogP contribution in [0.4, 0.5) is 0 Å². The topological polar surface area (TPSA) is 62.4 Å². The van der Waals surface area contributed by atoms with Crippen LogP contribution in [0, 0.1) is 5.92 Å². The lowest BCUT2D eigenvalue weighted by Crippen LogP contribution is -2.42. The third kappa shape index (κ3) is 11.6. The number of hydrogen-bond donors (Lipinski definition) is 3. The van der Waals surface area contributed by atoms with Crippen molar-refractivity contribution in [1.29, 1.82) is 0 Å². The van der Waals surface area contributed by atoms with E-state index in [1.165, 1.54) is 0 Å². The van der Waals surface area contributed by atoms with Crippen LogP contribution in [-0.4, -0.2) is 43.9 Å². The van der Waals surface area contributed by atoms with Crippen molar-refractivity contribution in [3.05, 3.63) is 0 Å². The molecule has 0 aliphatic heterocycles. The van der Waals surface area contributed by atoms with Gasteiger partial charge in [-0.2, -0.15) is 0 Å². The smallest absolute Gasteiger partial charge is 0.239 e. The fraction of sp³-hybridized carbons (Fsp3) is 0.833. The van der Waals surface area contributed by atoms with Crippen LogP contribution in [0.1, 0.15) is 27.2 Å². The van der Waals surface area contributed by atoms with Gasteiger partial charge in [0.05, 0.1) is 6.54 Å². The summed E-state index contributed by atoms with van der Waals surface area (Å²) in [6, 6.07) is 0. The van der Waals surface area contributed by atoms with Crippen LogP contribution in [-0.2, 0) is 9.53 Å². The Labute approximate surface area is 115 Å². The van der Waals surface area contributed by atoms with E-state index in [1.54, 1.807) is 0 Å². The van der Waals surface area contributed by atoms with E-state index in [0.29, 0.717) is 17.6 Å². The molecule has 0 bridgehead atoms. The Morgan fingerprint density at radius 1 is 1.28 bits per heavy atom. The highest BCUT2D eigenvalue weighted by atomic mass is 32.1. The highest BCUT2D eigenvalue weighted by Gasteiger charge is 2.02. The minimum Gasteiger partial charge on any atom is -0.382 e. The first kappa shape index (κ1) is 17.1. The second kappa shape index (κ2) is 11.2. The Kier molecular flexibility index (Phi) is 10.7. The SMILES string of the molecule is CCOCCCNC(=S)NCC(=O)NCC(C)C. The molecule has 5 nitrogen and oxygen atoms in total. The fourth-order valence-electron chi connectivity index (χ4n) is 1.12. The first-order chi connectivity index (χ1) is 8.56. The number of carbonyl (C=O) groups is 1. The quantitative estimate of drug-likeness (QED) is 0.426. The van der Waals surface area contributed by atoms with E-state index in [0.717, 1.165) is 26.2 Å². The largest absolute Gasteiger partial charge is 0.382 e. The van der Waals surface area contributed by atoms with Crippen molar-refractivity contribution in [1.82, 2.24) is 16.0 Å². The first-order valence-electron chi connectivity index (χ1n) is 6.42. The van der Waals surface area contributed by atoms with Gasteiger partial charge >= 0.3 is 0 Å². The summed E-state index contributed by atoms with van der Waals surface area (Å²) in [7, 11) is 0. The molecule has 0 saturated carbocycles. The summed E-state index contributed by atoms with van der Waals surface area (Å²) in [5, 5.41) is 9.20.